The summed E-state index contributed by atoms with van der Waals surface area (Å²) in [6.45, 7) is 1.49. The van der Waals surface area contributed by atoms with Gasteiger partial charge in [0.05, 0.1) is 9.16 Å². The van der Waals surface area contributed by atoms with Crippen molar-refractivity contribution in [2.75, 3.05) is 6.54 Å². The van der Waals surface area contributed by atoms with E-state index in [1.807, 2.05) is 0 Å². The molecule has 0 spiro atoms. The minimum absolute atomic E-state index is 0.279. The number of hydrogen-bond acceptors (Lipinski definition) is 3. The highest BCUT2D eigenvalue weighted by atomic mass is 16.4. The highest BCUT2D eigenvalue weighted by Gasteiger charge is 2.41. The lowest BCUT2D eigenvalue weighted by atomic mass is 9.84. The second kappa shape index (κ2) is 4.44. The third-order valence-corrected chi connectivity index (χ3v) is 2.74. The lowest BCUT2D eigenvalue weighted by Crippen LogP contribution is -2.36. The second-order valence-corrected chi connectivity index (χ2v) is 3.78. The third-order valence-electron chi connectivity index (χ3n) is 2.74. The van der Waals surface area contributed by atoms with Crippen LogP contribution in [0.15, 0.2) is 12.1 Å². The van der Waals surface area contributed by atoms with Crippen LogP contribution in [0.1, 0.15) is 16.1 Å². The quantitative estimate of drug-likeness (QED) is 0.590. The summed E-state index contributed by atoms with van der Waals surface area (Å²) in [7, 11) is 0. The number of carboxylic acid groups (broad SMARTS) is 2. The Balaban J connectivity index is 2.96. The Morgan fingerprint density at radius 1 is 1.60 bits per heavy atom. The summed E-state index contributed by atoms with van der Waals surface area (Å²) in [5.41, 5.74) is 0.424. The molecule has 0 aromatic heterocycles. The number of carbonyl (C=O) groups is 2. The molecule has 0 radical (unpaired) electrons. The van der Waals surface area contributed by atoms with Crippen LogP contribution in [0, 0.1) is 11.8 Å². The van der Waals surface area contributed by atoms with Gasteiger partial charge in [-0.3, -0.25) is 9.59 Å². The van der Waals surface area contributed by atoms with Crippen molar-refractivity contribution in [2.45, 2.75) is 19.4 Å². The van der Waals surface area contributed by atoms with Crippen molar-refractivity contribution < 1.29 is 22.5 Å². The Kier molecular flexibility index (Phi) is 2.64. The minimum Gasteiger partial charge on any atom is -0.481 e. The molecule has 1 heterocycles. The summed E-state index contributed by atoms with van der Waals surface area (Å²) in [5.74, 6) is -3.16. The Morgan fingerprint density at radius 3 is 2.73 bits per heavy atom. The minimum atomic E-state index is -1.09. The van der Waals surface area contributed by atoms with E-state index in [0.717, 1.165) is 0 Å². The van der Waals surface area contributed by atoms with E-state index in [1.165, 1.54) is 0 Å². The molecule has 1 aliphatic rings. The van der Waals surface area contributed by atoms with Crippen LogP contribution in [0.4, 0.5) is 0 Å². The van der Waals surface area contributed by atoms with Gasteiger partial charge in [0.15, 0.2) is 0 Å². The van der Waals surface area contributed by atoms with Gasteiger partial charge in [0.1, 0.15) is 6.04 Å². The fourth-order valence-electron chi connectivity index (χ4n) is 2.00. The summed E-state index contributed by atoms with van der Waals surface area (Å²) in [4.78, 5) is 21.7. The van der Waals surface area contributed by atoms with E-state index < -0.39 is 23.9 Å². The molecular formula is C10H15NO4. The van der Waals surface area contributed by atoms with Gasteiger partial charge < -0.3 is 15.5 Å². The average molecular weight is 217 g/mol. The first-order valence-corrected chi connectivity index (χ1v) is 4.66. The van der Waals surface area contributed by atoms with Gasteiger partial charge in [-0.2, -0.15) is 0 Å². The fourth-order valence-corrected chi connectivity index (χ4v) is 2.00. The maximum atomic E-state index is 11.0. The topological polar surface area (TPSA) is 86.6 Å². The Hall–Kier alpha value is -1.36. The lowest BCUT2D eigenvalue weighted by molar-refractivity contribution is -0.142. The first kappa shape index (κ1) is 8.91. The van der Waals surface area contributed by atoms with Crippen molar-refractivity contribution in [2.24, 2.45) is 11.8 Å². The molecule has 0 saturated carbocycles. The van der Waals surface area contributed by atoms with Crippen molar-refractivity contribution in [1.29, 1.82) is 0 Å². The van der Waals surface area contributed by atoms with E-state index in [2.05, 4.69) is 5.32 Å². The number of aliphatic carboxylic acids is 2. The van der Waals surface area contributed by atoms with Crippen LogP contribution in [0.3, 0.4) is 0 Å². The first-order valence-electron chi connectivity index (χ1n) is 5.66. The van der Waals surface area contributed by atoms with Crippen LogP contribution in [0.2, 0.25) is 0 Å². The molecule has 5 nitrogen and oxygen atoms in total. The summed E-state index contributed by atoms with van der Waals surface area (Å²) >= 11 is 0. The van der Waals surface area contributed by atoms with Crippen LogP contribution in [0.25, 0.3) is 0 Å². The van der Waals surface area contributed by atoms with Gasteiger partial charge in [0.25, 0.3) is 0 Å². The third kappa shape index (κ3) is 2.56. The summed E-state index contributed by atoms with van der Waals surface area (Å²) in [5, 5.41) is 20.5. The van der Waals surface area contributed by atoms with Gasteiger partial charge in [0.2, 0.25) is 0 Å². The Bertz CT molecular complexity index is 365. The highest BCUT2D eigenvalue weighted by Crippen LogP contribution is 2.30. The zero-order chi connectivity index (χ0) is 13.2. The molecule has 1 aliphatic heterocycles. The molecule has 15 heavy (non-hydrogen) atoms. The summed E-state index contributed by atoms with van der Waals surface area (Å²) < 4.78 is 14.4. The van der Waals surface area contributed by atoms with Crippen molar-refractivity contribution in [3.8, 4) is 0 Å². The van der Waals surface area contributed by atoms with Gasteiger partial charge in [-0.25, -0.2) is 0 Å². The standard InChI is InChI=1S/C10H15NO4/c1-5(2)7-4-11-9(10(14)15)6(7)3-8(12)13/h6-7,9,11H,1,3-4H2,2H3,(H,12,13)(H,14,15)/t6-,7+,9-/m0/s1/i1T2. The molecule has 1 saturated heterocycles. The van der Waals surface area contributed by atoms with Crippen molar-refractivity contribution in [3.05, 3.63) is 12.1 Å². The molecule has 1 fully saturated rings. The molecule has 0 bridgehead atoms. The fraction of sp³-hybridized carbons (Fsp3) is 0.600. The number of hydrogen-bond donors (Lipinski definition) is 3. The Labute approximate surface area is 90.6 Å². The zero-order valence-electron chi connectivity index (χ0n) is 10.4. The maximum absolute atomic E-state index is 11.0. The molecule has 5 heteroatoms. The molecule has 0 aromatic carbocycles. The van der Waals surface area contributed by atoms with E-state index in [9.17, 15) is 9.59 Å². The molecule has 1 rings (SSSR count). The molecule has 0 aliphatic carbocycles. The van der Waals surface area contributed by atoms with Crippen LogP contribution in [-0.2, 0) is 9.59 Å². The number of carboxylic acids is 2. The molecule has 0 aromatic rings. The molecule has 0 amide bonds. The summed E-state index contributed by atoms with van der Waals surface area (Å²) in [6.07, 6.45) is -0.279. The second-order valence-electron chi connectivity index (χ2n) is 3.78. The van der Waals surface area contributed by atoms with Crippen molar-refractivity contribution in [1.82, 2.24) is 5.32 Å². The zero-order valence-corrected chi connectivity index (χ0v) is 8.36. The van der Waals surface area contributed by atoms with Gasteiger partial charge in [0, 0.05) is 12.5 Å². The van der Waals surface area contributed by atoms with E-state index in [4.69, 9.17) is 13.0 Å². The van der Waals surface area contributed by atoms with Gasteiger partial charge >= 0.3 is 11.9 Å². The molecular weight excluding hydrogens is 198 g/mol. The van der Waals surface area contributed by atoms with Gasteiger partial charge in [-0.05, 0) is 12.8 Å². The largest absolute Gasteiger partial charge is 0.481 e. The van der Waals surface area contributed by atoms with Crippen LogP contribution in [0.5, 0.6) is 0 Å². The van der Waals surface area contributed by atoms with E-state index in [1.54, 1.807) is 6.92 Å². The number of rotatable bonds is 4. The highest BCUT2D eigenvalue weighted by molar-refractivity contribution is 5.76. The van der Waals surface area contributed by atoms with Gasteiger partial charge in [-0.1, -0.05) is 12.1 Å². The molecule has 3 N–H and O–H groups in total. The molecule has 84 valence electrons. The van der Waals surface area contributed by atoms with E-state index in [-0.39, 0.29) is 18.9 Å². The normalized spacial score (nSPS) is 31.7. The monoisotopic (exact) mass is 217 g/mol. The van der Waals surface area contributed by atoms with Crippen LogP contribution in [-0.4, -0.2) is 34.7 Å². The van der Waals surface area contributed by atoms with E-state index >= 15 is 0 Å². The summed E-state index contributed by atoms with van der Waals surface area (Å²) in [6, 6.07) is -0.926. The van der Waals surface area contributed by atoms with E-state index in [0.29, 0.717) is 12.1 Å². The Morgan fingerprint density at radius 2 is 2.27 bits per heavy atom. The smallest absolute Gasteiger partial charge is 0.321 e. The van der Waals surface area contributed by atoms with Crippen LogP contribution < -0.4 is 5.32 Å². The predicted octanol–water partition coefficient (Wildman–Crippen LogP) is 0.326. The van der Waals surface area contributed by atoms with Crippen LogP contribution >= 0.6 is 0 Å². The maximum Gasteiger partial charge on any atom is 0.321 e. The predicted molar refractivity (Wildman–Crippen MR) is 53.5 cm³/mol. The first-order chi connectivity index (χ1) is 7.84. The molecule has 0 unspecified atom stereocenters. The number of nitrogens with one attached hydrogen (secondary N) is 1. The van der Waals surface area contributed by atoms with Crippen molar-refractivity contribution >= 4 is 11.9 Å². The van der Waals surface area contributed by atoms with Crippen molar-refractivity contribution in [3.63, 3.8) is 0 Å². The average Bonchev–Trinajstić information content (AvgIpc) is 2.59. The lowest BCUT2D eigenvalue weighted by Gasteiger charge is -2.19. The van der Waals surface area contributed by atoms with Gasteiger partial charge in [-0.15, -0.1) is 0 Å². The SMILES string of the molecule is [3H]C([3H])=C(C)[C@H]1CN[C@H](C(=O)O)[C@H]1CC(=O)O. The molecule has 3 atom stereocenters.